The van der Waals surface area contributed by atoms with Gasteiger partial charge in [-0.2, -0.15) is 0 Å². The van der Waals surface area contributed by atoms with E-state index in [1.54, 1.807) is 42.7 Å². The normalized spacial score (nSPS) is 11.3. The Morgan fingerprint density at radius 2 is 1.77 bits per heavy atom. The molecule has 1 amide bonds. The highest BCUT2D eigenvalue weighted by Gasteiger charge is 2.17. The van der Waals surface area contributed by atoms with Gasteiger partial charge in [0.25, 0.3) is 5.91 Å². The zero-order valence-electron chi connectivity index (χ0n) is 14.6. The van der Waals surface area contributed by atoms with Gasteiger partial charge in [0.05, 0.1) is 6.42 Å². The number of nitrogens with zero attached hydrogens (tertiary/aromatic N) is 2. The van der Waals surface area contributed by atoms with Crippen LogP contribution in [0.2, 0.25) is 0 Å². The number of aromatic nitrogens is 2. The van der Waals surface area contributed by atoms with Gasteiger partial charge in [0.15, 0.2) is 11.9 Å². The van der Waals surface area contributed by atoms with E-state index < -0.39 is 18.0 Å². The standard InChI is InChI=1S/C18H20N4O4/c1-12(23)14-4-6-15(7-5-14)22-17(25)13(2)26-16(24)8-11-21-18-19-9-3-10-20-18/h3-7,9-10,13H,8,11H2,1-2H3,(H,22,25)(H,19,20,21). The first-order chi connectivity index (χ1) is 12.5. The van der Waals surface area contributed by atoms with E-state index in [2.05, 4.69) is 20.6 Å². The molecule has 0 aliphatic carbocycles. The minimum atomic E-state index is -0.942. The Morgan fingerprint density at radius 1 is 1.12 bits per heavy atom. The summed E-state index contributed by atoms with van der Waals surface area (Å²) in [5.74, 6) is -0.601. The summed E-state index contributed by atoms with van der Waals surface area (Å²) in [5.41, 5.74) is 1.07. The molecule has 0 fully saturated rings. The van der Waals surface area contributed by atoms with Crippen molar-refractivity contribution in [2.24, 2.45) is 0 Å². The second-order valence-electron chi connectivity index (χ2n) is 5.50. The van der Waals surface area contributed by atoms with Crippen LogP contribution in [-0.4, -0.2) is 40.3 Å². The van der Waals surface area contributed by atoms with Gasteiger partial charge in [-0.05, 0) is 44.2 Å². The summed E-state index contributed by atoms with van der Waals surface area (Å²) in [6.45, 7) is 3.25. The van der Waals surface area contributed by atoms with Gasteiger partial charge < -0.3 is 15.4 Å². The second-order valence-corrected chi connectivity index (χ2v) is 5.50. The van der Waals surface area contributed by atoms with Crippen LogP contribution in [0.1, 0.15) is 30.6 Å². The maximum absolute atomic E-state index is 12.1. The van der Waals surface area contributed by atoms with Crippen molar-refractivity contribution in [1.82, 2.24) is 9.97 Å². The highest BCUT2D eigenvalue weighted by molar-refractivity contribution is 5.97. The molecule has 1 heterocycles. The van der Waals surface area contributed by atoms with Gasteiger partial charge in [-0.15, -0.1) is 0 Å². The number of anilines is 2. The zero-order valence-corrected chi connectivity index (χ0v) is 14.6. The molecule has 1 unspecified atom stereocenters. The van der Waals surface area contributed by atoms with Crippen molar-refractivity contribution < 1.29 is 19.1 Å². The van der Waals surface area contributed by atoms with Crippen LogP contribution in [0.5, 0.6) is 0 Å². The lowest BCUT2D eigenvalue weighted by molar-refractivity contribution is -0.152. The summed E-state index contributed by atoms with van der Waals surface area (Å²) in [5, 5.41) is 5.51. The summed E-state index contributed by atoms with van der Waals surface area (Å²) in [4.78, 5) is 43.0. The largest absolute Gasteiger partial charge is 0.452 e. The lowest BCUT2D eigenvalue weighted by Gasteiger charge is -2.14. The van der Waals surface area contributed by atoms with Gasteiger partial charge >= 0.3 is 5.97 Å². The van der Waals surface area contributed by atoms with Crippen molar-refractivity contribution in [3.05, 3.63) is 48.3 Å². The smallest absolute Gasteiger partial charge is 0.308 e. The highest BCUT2D eigenvalue weighted by Crippen LogP contribution is 2.11. The van der Waals surface area contributed by atoms with Crippen LogP contribution < -0.4 is 10.6 Å². The number of hydrogen-bond donors (Lipinski definition) is 2. The third-order valence-corrected chi connectivity index (χ3v) is 3.41. The molecule has 0 aliphatic rings. The Morgan fingerprint density at radius 3 is 2.38 bits per heavy atom. The van der Waals surface area contributed by atoms with E-state index in [1.807, 2.05) is 0 Å². The number of hydrogen-bond acceptors (Lipinski definition) is 7. The number of carbonyl (C=O) groups excluding carboxylic acids is 3. The molecule has 8 heteroatoms. The SMILES string of the molecule is CC(=O)c1ccc(NC(=O)C(C)OC(=O)CCNc2ncccn2)cc1. The molecular weight excluding hydrogens is 336 g/mol. The van der Waals surface area contributed by atoms with Gasteiger partial charge in [0.2, 0.25) is 5.95 Å². The van der Waals surface area contributed by atoms with E-state index in [4.69, 9.17) is 4.74 Å². The zero-order chi connectivity index (χ0) is 18.9. The molecular formula is C18H20N4O4. The third-order valence-electron chi connectivity index (χ3n) is 3.41. The molecule has 1 aromatic heterocycles. The fourth-order valence-corrected chi connectivity index (χ4v) is 2.01. The highest BCUT2D eigenvalue weighted by atomic mass is 16.5. The Balaban J connectivity index is 1.75. The van der Waals surface area contributed by atoms with Crippen molar-refractivity contribution in [2.45, 2.75) is 26.4 Å². The number of Topliss-reactive ketones (excluding diaryl/α,β-unsaturated/α-hetero) is 1. The Kier molecular flexibility index (Phi) is 6.78. The van der Waals surface area contributed by atoms with E-state index in [0.717, 1.165) is 0 Å². The summed E-state index contributed by atoms with van der Waals surface area (Å²) in [6, 6.07) is 8.16. The molecule has 0 bridgehead atoms. The lowest BCUT2D eigenvalue weighted by atomic mass is 10.1. The Hall–Kier alpha value is -3.29. The molecule has 0 aliphatic heterocycles. The summed E-state index contributed by atoms with van der Waals surface area (Å²) >= 11 is 0. The molecule has 0 spiro atoms. The molecule has 0 saturated heterocycles. The number of ketones is 1. The molecule has 2 rings (SSSR count). The molecule has 0 radical (unpaired) electrons. The van der Waals surface area contributed by atoms with E-state index in [1.165, 1.54) is 13.8 Å². The molecule has 2 N–H and O–H groups in total. The minimum absolute atomic E-state index is 0.0558. The van der Waals surface area contributed by atoms with Gasteiger partial charge in [0, 0.05) is 30.2 Å². The van der Waals surface area contributed by atoms with Crippen molar-refractivity contribution in [3.63, 3.8) is 0 Å². The molecule has 8 nitrogen and oxygen atoms in total. The molecule has 1 aromatic carbocycles. The van der Waals surface area contributed by atoms with Crippen LogP contribution >= 0.6 is 0 Å². The summed E-state index contributed by atoms with van der Waals surface area (Å²) in [6.07, 6.45) is 2.30. The topological polar surface area (TPSA) is 110 Å². The van der Waals surface area contributed by atoms with E-state index in [0.29, 0.717) is 23.7 Å². The average molecular weight is 356 g/mol. The van der Waals surface area contributed by atoms with Crippen molar-refractivity contribution in [2.75, 3.05) is 17.2 Å². The van der Waals surface area contributed by atoms with Gasteiger partial charge in [-0.25, -0.2) is 9.97 Å². The fourth-order valence-electron chi connectivity index (χ4n) is 2.01. The minimum Gasteiger partial charge on any atom is -0.452 e. The van der Waals surface area contributed by atoms with Gasteiger partial charge in [-0.1, -0.05) is 0 Å². The van der Waals surface area contributed by atoms with E-state index in [-0.39, 0.29) is 12.2 Å². The summed E-state index contributed by atoms with van der Waals surface area (Å²) in [7, 11) is 0. The number of carbonyl (C=O) groups is 3. The third kappa shape index (κ3) is 5.97. The second kappa shape index (κ2) is 9.26. The Labute approximate surface area is 151 Å². The van der Waals surface area contributed by atoms with Crippen LogP contribution in [0.25, 0.3) is 0 Å². The first kappa shape index (κ1) is 19.0. The van der Waals surface area contributed by atoms with Gasteiger partial charge in [0.1, 0.15) is 0 Å². The number of nitrogens with one attached hydrogen (secondary N) is 2. The Bertz CT molecular complexity index is 763. The molecule has 1 atom stereocenters. The van der Waals surface area contributed by atoms with Crippen LogP contribution in [0.4, 0.5) is 11.6 Å². The van der Waals surface area contributed by atoms with Crippen molar-refractivity contribution >= 4 is 29.3 Å². The molecule has 136 valence electrons. The van der Waals surface area contributed by atoms with Gasteiger partial charge in [-0.3, -0.25) is 14.4 Å². The first-order valence-electron chi connectivity index (χ1n) is 8.08. The number of esters is 1. The predicted molar refractivity (Wildman–Crippen MR) is 95.8 cm³/mol. The maximum atomic E-state index is 12.1. The van der Waals surface area contributed by atoms with Crippen molar-refractivity contribution in [3.8, 4) is 0 Å². The number of rotatable bonds is 8. The number of ether oxygens (including phenoxy) is 1. The van der Waals surface area contributed by atoms with E-state index in [9.17, 15) is 14.4 Å². The average Bonchev–Trinajstić information content (AvgIpc) is 2.63. The molecule has 26 heavy (non-hydrogen) atoms. The van der Waals surface area contributed by atoms with Crippen LogP contribution in [0.15, 0.2) is 42.7 Å². The first-order valence-corrected chi connectivity index (χ1v) is 8.08. The predicted octanol–water partition coefficient (Wildman–Crippen LogP) is 2.05. The van der Waals surface area contributed by atoms with E-state index >= 15 is 0 Å². The van der Waals surface area contributed by atoms with Crippen LogP contribution in [-0.2, 0) is 14.3 Å². The number of benzene rings is 1. The van der Waals surface area contributed by atoms with Crippen LogP contribution in [0.3, 0.4) is 0 Å². The summed E-state index contributed by atoms with van der Waals surface area (Å²) < 4.78 is 5.10. The van der Waals surface area contributed by atoms with Crippen molar-refractivity contribution in [1.29, 1.82) is 0 Å². The quantitative estimate of drug-likeness (QED) is 0.550. The lowest BCUT2D eigenvalue weighted by Crippen LogP contribution is -2.30. The molecule has 0 saturated carbocycles. The maximum Gasteiger partial charge on any atom is 0.308 e. The molecule has 2 aromatic rings. The fraction of sp³-hybridized carbons (Fsp3) is 0.278. The monoisotopic (exact) mass is 356 g/mol. The number of amides is 1. The van der Waals surface area contributed by atoms with Crippen LogP contribution in [0, 0.1) is 0 Å².